The predicted octanol–water partition coefficient (Wildman–Crippen LogP) is 4.12. The second-order valence-corrected chi connectivity index (χ2v) is 5.34. The highest BCUT2D eigenvalue weighted by Gasteiger charge is 2.16. The van der Waals surface area contributed by atoms with Crippen molar-refractivity contribution in [3.8, 4) is 29.7 Å². The summed E-state index contributed by atoms with van der Waals surface area (Å²) in [5, 5.41) is 0.574. The Morgan fingerprint density at radius 2 is 1.92 bits per heavy atom. The molecule has 1 aromatic carbocycles. The van der Waals surface area contributed by atoms with E-state index >= 15 is 0 Å². The number of aromatic nitrogens is 1. The number of halogens is 2. The average molecular weight is 366 g/mol. The molecule has 0 amide bonds. The third-order valence-electron chi connectivity index (χ3n) is 2.79. The van der Waals surface area contributed by atoms with E-state index in [9.17, 15) is 4.79 Å². The largest absolute Gasteiger partial charge is 0.479 e. The van der Waals surface area contributed by atoms with Gasteiger partial charge in [0.2, 0.25) is 5.88 Å². The fourth-order valence-corrected chi connectivity index (χ4v) is 1.94. The van der Waals surface area contributed by atoms with Gasteiger partial charge in [-0.25, -0.2) is 9.78 Å². The summed E-state index contributed by atoms with van der Waals surface area (Å²) in [7, 11) is 0. The minimum atomic E-state index is -0.783. The van der Waals surface area contributed by atoms with Gasteiger partial charge in [0.1, 0.15) is 16.5 Å². The summed E-state index contributed by atoms with van der Waals surface area (Å²) < 4.78 is 15.8. The number of pyridine rings is 1. The molecule has 24 heavy (non-hydrogen) atoms. The van der Waals surface area contributed by atoms with Gasteiger partial charge in [0, 0.05) is 6.20 Å². The zero-order chi connectivity index (χ0) is 17.5. The van der Waals surface area contributed by atoms with E-state index in [1.54, 1.807) is 37.3 Å². The van der Waals surface area contributed by atoms with Crippen LogP contribution in [-0.2, 0) is 9.53 Å². The van der Waals surface area contributed by atoms with E-state index < -0.39 is 12.1 Å². The van der Waals surface area contributed by atoms with E-state index in [0.717, 1.165) is 0 Å². The molecule has 0 bridgehead atoms. The summed E-state index contributed by atoms with van der Waals surface area (Å²) in [5.41, 5.74) is 0. The van der Waals surface area contributed by atoms with Crippen molar-refractivity contribution in [2.75, 3.05) is 6.61 Å². The third-order valence-corrected chi connectivity index (χ3v) is 3.57. The number of carbonyl (C=O) groups excluding carboxylic acids is 1. The molecule has 2 rings (SSSR count). The second kappa shape index (κ2) is 8.44. The Bertz CT molecular complexity index is 756. The van der Waals surface area contributed by atoms with Crippen molar-refractivity contribution >= 4 is 29.2 Å². The maximum atomic E-state index is 11.6. The van der Waals surface area contributed by atoms with Gasteiger partial charge < -0.3 is 14.2 Å². The minimum Gasteiger partial charge on any atom is -0.479 e. The predicted molar refractivity (Wildman–Crippen MR) is 90.7 cm³/mol. The Labute approximate surface area is 149 Å². The summed E-state index contributed by atoms with van der Waals surface area (Å²) in [4.78, 5) is 15.6. The minimum absolute atomic E-state index is 0.0906. The number of ether oxygens (including phenoxy) is 3. The van der Waals surface area contributed by atoms with Crippen LogP contribution in [0.4, 0.5) is 0 Å². The number of hydrogen-bond acceptors (Lipinski definition) is 5. The number of rotatable bonds is 6. The van der Waals surface area contributed by atoms with Crippen LogP contribution >= 0.6 is 23.2 Å². The van der Waals surface area contributed by atoms with Gasteiger partial charge in [0.05, 0.1) is 5.02 Å². The van der Waals surface area contributed by atoms with Crippen molar-refractivity contribution in [3.63, 3.8) is 0 Å². The second-order valence-electron chi connectivity index (χ2n) is 4.56. The number of terminal acetylenes is 1. The van der Waals surface area contributed by atoms with Gasteiger partial charge in [-0.3, -0.25) is 0 Å². The van der Waals surface area contributed by atoms with Gasteiger partial charge in [-0.1, -0.05) is 29.1 Å². The molecule has 0 fully saturated rings. The molecule has 1 unspecified atom stereocenters. The fourth-order valence-electron chi connectivity index (χ4n) is 1.65. The van der Waals surface area contributed by atoms with Gasteiger partial charge in [-0.05, 0) is 37.3 Å². The lowest BCUT2D eigenvalue weighted by atomic mass is 10.3. The Balaban J connectivity index is 1.99. The first-order valence-corrected chi connectivity index (χ1v) is 7.61. The summed E-state index contributed by atoms with van der Waals surface area (Å²) in [6.07, 6.45) is 5.73. The van der Waals surface area contributed by atoms with Crippen LogP contribution in [0.25, 0.3) is 0 Å². The Morgan fingerprint density at radius 3 is 2.58 bits per heavy atom. The van der Waals surface area contributed by atoms with Crippen LogP contribution in [0.5, 0.6) is 17.4 Å². The first-order chi connectivity index (χ1) is 11.5. The highest BCUT2D eigenvalue weighted by Crippen LogP contribution is 2.33. The standard InChI is InChI=1S/C17H13Cl2NO4/c1-3-10-22-17(21)11(2)23-12-4-6-13(7-5-12)24-16-15(19)14(18)8-9-20-16/h1,4-9,11H,10H2,2H3. The lowest BCUT2D eigenvalue weighted by molar-refractivity contribution is -0.149. The average Bonchev–Trinajstić information content (AvgIpc) is 2.58. The highest BCUT2D eigenvalue weighted by molar-refractivity contribution is 6.42. The van der Waals surface area contributed by atoms with E-state index in [-0.39, 0.29) is 17.5 Å². The van der Waals surface area contributed by atoms with Crippen molar-refractivity contribution in [1.29, 1.82) is 0 Å². The van der Waals surface area contributed by atoms with Gasteiger partial charge >= 0.3 is 5.97 Å². The van der Waals surface area contributed by atoms with Crippen LogP contribution in [0.1, 0.15) is 6.92 Å². The topological polar surface area (TPSA) is 57.7 Å². The quantitative estimate of drug-likeness (QED) is 0.569. The molecule has 0 spiro atoms. The molecule has 0 aliphatic heterocycles. The Kier molecular flexibility index (Phi) is 6.30. The van der Waals surface area contributed by atoms with Crippen LogP contribution < -0.4 is 9.47 Å². The highest BCUT2D eigenvalue weighted by atomic mass is 35.5. The normalized spacial score (nSPS) is 11.2. The Hall–Kier alpha value is -2.42. The van der Waals surface area contributed by atoms with E-state index in [4.69, 9.17) is 43.8 Å². The van der Waals surface area contributed by atoms with Gasteiger partial charge in [-0.2, -0.15) is 0 Å². The zero-order valence-corrected chi connectivity index (χ0v) is 14.2. The molecule has 0 saturated heterocycles. The molecule has 1 heterocycles. The first-order valence-electron chi connectivity index (χ1n) is 6.86. The molecule has 2 aromatic rings. The van der Waals surface area contributed by atoms with Crippen LogP contribution in [0.3, 0.4) is 0 Å². The van der Waals surface area contributed by atoms with E-state index in [1.165, 1.54) is 6.20 Å². The lowest BCUT2D eigenvalue weighted by Gasteiger charge is -2.13. The molecular formula is C17H13Cl2NO4. The van der Waals surface area contributed by atoms with Crippen molar-refractivity contribution in [1.82, 2.24) is 4.98 Å². The molecule has 7 heteroatoms. The van der Waals surface area contributed by atoms with Crippen LogP contribution in [-0.4, -0.2) is 23.7 Å². The van der Waals surface area contributed by atoms with Crippen molar-refractivity contribution in [3.05, 3.63) is 46.6 Å². The number of nitrogens with zero attached hydrogens (tertiary/aromatic N) is 1. The summed E-state index contributed by atoms with van der Waals surface area (Å²) in [5.74, 6) is 2.83. The number of carbonyl (C=O) groups is 1. The monoisotopic (exact) mass is 365 g/mol. The SMILES string of the molecule is C#CCOC(=O)C(C)Oc1ccc(Oc2nccc(Cl)c2Cl)cc1. The molecule has 1 aromatic heterocycles. The molecular weight excluding hydrogens is 353 g/mol. The van der Waals surface area contributed by atoms with Gasteiger partial charge in [0.15, 0.2) is 12.7 Å². The summed E-state index contributed by atoms with van der Waals surface area (Å²) in [6, 6.07) is 8.13. The number of benzene rings is 1. The smallest absolute Gasteiger partial charge is 0.347 e. The van der Waals surface area contributed by atoms with Gasteiger partial charge in [0.25, 0.3) is 0 Å². The molecule has 1 atom stereocenters. The van der Waals surface area contributed by atoms with Crippen LogP contribution in [0.2, 0.25) is 10.0 Å². The molecule has 5 nitrogen and oxygen atoms in total. The maximum Gasteiger partial charge on any atom is 0.347 e. The third kappa shape index (κ3) is 4.79. The number of esters is 1. The molecule has 124 valence electrons. The summed E-state index contributed by atoms with van der Waals surface area (Å²) >= 11 is 11.9. The van der Waals surface area contributed by atoms with E-state index in [1.807, 2.05) is 0 Å². The molecule has 0 aliphatic rings. The van der Waals surface area contributed by atoms with Crippen LogP contribution in [0.15, 0.2) is 36.5 Å². The first kappa shape index (κ1) is 17.9. The molecule has 0 aliphatic carbocycles. The number of hydrogen-bond donors (Lipinski definition) is 0. The maximum absolute atomic E-state index is 11.6. The van der Waals surface area contributed by atoms with Gasteiger partial charge in [-0.15, -0.1) is 6.42 Å². The van der Waals surface area contributed by atoms with Crippen LogP contribution in [0, 0.1) is 12.3 Å². The summed E-state index contributed by atoms with van der Waals surface area (Å²) in [6.45, 7) is 1.48. The fraction of sp³-hybridized carbons (Fsp3) is 0.176. The molecule has 0 saturated carbocycles. The Morgan fingerprint density at radius 1 is 1.25 bits per heavy atom. The van der Waals surface area contributed by atoms with Crippen molar-refractivity contribution in [2.45, 2.75) is 13.0 Å². The van der Waals surface area contributed by atoms with Crippen molar-refractivity contribution in [2.24, 2.45) is 0 Å². The lowest BCUT2D eigenvalue weighted by Crippen LogP contribution is -2.26. The van der Waals surface area contributed by atoms with E-state index in [0.29, 0.717) is 16.5 Å². The molecule has 0 N–H and O–H groups in total. The van der Waals surface area contributed by atoms with E-state index in [2.05, 4.69) is 10.9 Å². The zero-order valence-electron chi connectivity index (χ0n) is 12.7. The van der Waals surface area contributed by atoms with Crippen molar-refractivity contribution < 1.29 is 19.0 Å². The molecule has 0 radical (unpaired) electrons.